The minimum Gasteiger partial charge on any atom is -0.324 e. The Bertz CT molecular complexity index is 585. The van der Waals surface area contributed by atoms with E-state index in [1.807, 2.05) is 35.2 Å². The molecule has 1 aromatic heterocycles. The van der Waals surface area contributed by atoms with E-state index >= 15 is 0 Å². The van der Waals surface area contributed by atoms with Crippen molar-refractivity contribution in [1.82, 2.24) is 9.88 Å². The van der Waals surface area contributed by atoms with Crippen molar-refractivity contribution in [1.29, 1.82) is 0 Å². The van der Waals surface area contributed by atoms with Crippen LogP contribution >= 0.6 is 0 Å². The topological polar surface area (TPSA) is 51.1 Å². The number of carbonyl (C=O) groups is 2. The maximum Gasteiger partial charge on any atom is 0.259 e. The van der Waals surface area contributed by atoms with Crippen LogP contribution in [0.5, 0.6) is 0 Å². The van der Waals surface area contributed by atoms with Gasteiger partial charge in [-0.3, -0.25) is 14.9 Å². The zero-order valence-corrected chi connectivity index (χ0v) is 8.31. The van der Waals surface area contributed by atoms with Gasteiger partial charge in [-0.15, -0.1) is 0 Å². The molecule has 1 aliphatic rings. The van der Waals surface area contributed by atoms with Gasteiger partial charge in [0.1, 0.15) is 0 Å². The molecule has 0 radical (unpaired) electrons. The van der Waals surface area contributed by atoms with Crippen LogP contribution in [0.2, 0.25) is 0 Å². The van der Waals surface area contributed by atoms with Gasteiger partial charge in [-0.2, -0.15) is 0 Å². The fraction of sp³-hybridized carbons (Fsp3) is 0. The predicted octanol–water partition coefficient (Wildman–Crippen LogP) is 1.36. The number of fused-ring (bicyclic) bond motifs is 1. The van der Waals surface area contributed by atoms with Crippen molar-refractivity contribution < 1.29 is 9.59 Å². The number of hydrogen-bond acceptors (Lipinski definition) is 2. The summed E-state index contributed by atoms with van der Waals surface area (Å²) in [4.78, 5) is 22.8. The lowest BCUT2D eigenvalue weighted by Crippen LogP contribution is -2.19. The highest BCUT2D eigenvalue weighted by molar-refractivity contribution is 6.21. The number of benzene rings is 1. The van der Waals surface area contributed by atoms with Crippen LogP contribution in [0.25, 0.3) is 5.69 Å². The highest BCUT2D eigenvalue weighted by Gasteiger charge is 2.26. The van der Waals surface area contributed by atoms with E-state index in [1.54, 1.807) is 12.1 Å². The maximum atomic E-state index is 11.5. The van der Waals surface area contributed by atoms with E-state index in [4.69, 9.17) is 0 Å². The zero-order chi connectivity index (χ0) is 11.1. The summed E-state index contributed by atoms with van der Waals surface area (Å²) in [6.07, 6.45) is 3.77. The van der Waals surface area contributed by atoms with Crippen LogP contribution in [0.15, 0.2) is 42.7 Å². The predicted molar refractivity (Wildman–Crippen MR) is 57.6 cm³/mol. The highest BCUT2D eigenvalue weighted by atomic mass is 16.2. The van der Waals surface area contributed by atoms with Gasteiger partial charge in [0.15, 0.2) is 0 Å². The molecule has 0 spiro atoms. The summed E-state index contributed by atoms with van der Waals surface area (Å²) >= 11 is 0. The average Bonchev–Trinajstić information content (AvgIpc) is 2.88. The van der Waals surface area contributed by atoms with E-state index in [9.17, 15) is 9.59 Å². The minimum absolute atomic E-state index is 0.320. The summed E-state index contributed by atoms with van der Waals surface area (Å²) in [5, 5.41) is 2.27. The van der Waals surface area contributed by atoms with Crippen LogP contribution in [0.3, 0.4) is 0 Å². The second-order valence-corrected chi connectivity index (χ2v) is 3.60. The Morgan fingerprint density at radius 1 is 0.938 bits per heavy atom. The third-order valence-electron chi connectivity index (χ3n) is 2.62. The van der Waals surface area contributed by atoms with Gasteiger partial charge in [0.2, 0.25) is 0 Å². The molecule has 0 saturated carbocycles. The van der Waals surface area contributed by atoms with E-state index < -0.39 is 0 Å². The number of amides is 2. The molecule has 1 N–H and O–H groups in total. The first kappa shape index (κ1) is 8.91. The first-order chi connectivity index (χ1) is 7.75. The number of imide groups is 1. The van der Waals surface area contributed by atoms with Gasteiger partial charge in [-0.05, 0) is 30.3 Å². The first-order valence-electron chi connectivity index (χ1n) is 4.89. The Kier molecular flexibility index (Phi) is 1.71. The number of hydrogen-bond donors (Lipinski definition) is 1. The number of nitrogens with zero attached hydrogens (tertiary/aromatic N) is 1. The second-order valence-electron chi connectivity index (χ2n) is 3.60. The first-order valence-corrected chi connectivity index (χ1v) is 4.89. The number of rotatable bonds is 1. The van der Waals surface area contributed by atoms with Gasteiger partial charge in [0, 0.05) is 18.1 Å². The largest absolute Gasteiger partial charge is 0.324 e. The highest BCUT2D eigenvalue weighted by Crippen LogP contribution is 2.19. The molecule has 0 saturated heterocycles. The van der Waals surface area contributed by atoms with Crippen molar-refractivity contribution >= 4 is 11.8 Å². The van der Waals surface area contributed by atoms with E-state index in [2.05, 4.69) is 5.32 Å². The number of nitrogens with one attached hydrogen (secondary N) is 1. The van der Waals surface area contributed by atoms with Gasteiger partial charge in [-0.1, -0.05) is 0 Å². The average molecular weight is 212 g/mol. The Labute approximate surface area is 91.5 Å². The summed E-state index contributed by atoms with van der Waals surface area (Å²) < 4.78 is 1.89. The van der Waals surface area contributed by atoms with Crippen LogP contribution < -0.4 is 5.32 Å². The van der Waals surface area contributed by atoms with Crippen molar-refractivity contribution in [3.05, 3.63) is 53.9 Å². The van der Waals surface area contributed by atoms with E-state index in [-0.39, 0.29) is 11.8 Å². The van der Waals surface area contributed by atoms with E-state index in [1.165, 1.54) is 0 Å². The molecule has 2 amide bonds. The Balaban J connectivity index is 2.17. The Morgan fingerprint density at radius 3 is 2.38 bits per heavy atom. The lowest BCUT2D eigenvalue weighted by atomic mass is 10.1. The standard InChI is InChI=1S/C12H8N2O2/c15-11-9-4-3-8(14-5-1-2-6-14)7-10(9)12(16)13-11/h1-7H,(H,13,15,16). The molecule has 3 rings (SSSR count). The van der Waals surface area contributed by atoms with Crippen LogP contribution in [-0.4, -0.2) is 16.4 Å². The molecule has 0 unspecified atom stereocenters. The molecule has 4 nitrogen and oxygen atoms in total. The smallest absolute Gasteiger partial charge is 0.259 e. The molecule has 16 heavy (non-hydrogen) atoms. The van der Waals surface area contributed by atoms with E-state index in [0.717, 1.165) is 5.69 Å². The van der Waals surface area contributed by atoms with Crippen LogP contribution in [0, 0.1) is 0 Å². The lowest BCUT2D eigenvalue weighted by Gasteiger charge is -2.03. The van der Waals surface area contributed by atoms with Crippen molar-refractivity contribution in [2.24, 2.45) is 0 Å². The van der Waals surface area contributed by atoms with Gasteiger partial charge in [0.25, 0.3) is 11.8 Å². The van der Waals surface area contributed by atoms with Gasteiger partial charge in [0.05, 0.1) is 11.1 Å². The Hall–Kier alpha value is -2.36. The molecule has 0 fully saturated rings. The third-order valence-corrected chi connectivity index (χ3v) is 2.62. The molecule has 2 heterocycles. The molecular weight excluding hydrogens is 204 g/mol. The fourth-order valence-corrected chi connectivity index (χ4v) is 1.82. The molecule has 4 heteroatoms. The normalized spacial score (nSPS) is 13.8. The SMILES string of the molecule is O=C1NC(=O)c2cc(-n3cccc3)ccc21. The monoisotopic (exact) mass is 212 g/mol. The third kappa shape index (κ3) is 1.16. The number of aromatic nitrogens is 1. The molecule has 1 aromatic carbocycles. The summed E-state index contributed by atoms with van der Waals surface area (Å²) in [6, 6.07) is 9.01. The zero-order valence-electron chi connectivity index (χ0n) is 8.31. The van der Waals surface area contributed by atoms with Crippen molar-refractivity contribution in [3.63, 3.8) is 0 Å². The molecule has 0 aliphatic carbocycles. The molecule has 1 aliphatic heterocycles. The van der Waals surface area contributed by atoms with Crippen LogP contribution in [0.4, 0.5) is 0 Å². The fourth-order valence-electron chi connectivity index (χ4n) is 1.82. The molecular formula is C12H8N2O2. The molecule has 78 valence electrons. The van der Waals surface area contributed by atoms with Crippen molar-refractivity contribution in [2.75, 3.05) is 0 Å². The molecule has 0 bridgehead atoms. The minimum atomic E-state index is -0.325. The number of carbonyl (C=O) groups excluding carboxylic acids is 2. The molecule has 2 aromatic rings. The Morgan fingerprint density at radius 2 is 1.62 bits per heavy atom. The summed E-state index contributed by atoms with van der Waals surface area (Å²) in [6.45, 7) is 0. The van der Waals surface area contributed by atoms with Gasteiger partial charge >= 0.3 is 0 Å². The summed E-state index contributed by atoms with van der Waals surface area (Å²) in [7, 11) is 0. The van der Waals surface area contributed by atoms with Crippen LogP contribution in [-0.2, 0) is 0 Å². The van der Waals surface area contributed by atoms with Crippen molar-refractivity contribution in [3.8, 4) is 5.69 Å². The quantitative estimate of drug-likeness (QED) is 0.725. The van der Waals surface area contributed by atoms with Gasteiger partial charge < -0.3 is 4.57 Å². The van der Waals surface area contributed by atoms with E-state index in [0.29, 0.717) is 11.1 Å². The molecule has 0 atom stereocenters. The van der Waals surface area contributed by atoms with Gasteiger partial charge in [-0.25, -0.2) is 0 Å². The maximum absolute atomic E-state index is 11.5. The second kappa shape index (κ2) is 3.06. The van der Waals surface area contributed by atoms with Crippen molar-refractivity contribution in [2.45, 2.75) is 0 Å². The summed E-state index contributed by atoms with van der Waals surface area (Å²) in [5.41, 5.74) is 1.76. The summed E-state index contributed by atoms with van der Waals surface area (Å²) in [5.74, 6) is -0.645. The van der Waals surface area contributed by atoms with Crippen LogP contribution in [0.1, 0.15) is 20.7 Å². The lowest BCUT2D eigenvalue weighted by molar-refractivity contribution is 0.0879.